The molecule has 5 nitrogen and oxygen atoms in total. The molecule has 2 aliphatic rings. The van der Waals surface area contributed by atoms with Gasteiger partial charge in [-0.25, -0.2) is 0 Å². The van der Waals surface area contributed by atoms with Crippen molar-refractivity contribution in [3.8, 4) is 35.0 Å². The number of hydrogen-bond donors (Lipinski definition) is 0. The van der Waals surface area contributed by atoms with Crippen LogP contribution in [-0.2, 0) is 6.42 Å². The molecule has 0 spiro atoms. The van der Waals surface area contributed by atoms with Crippen LogP contribution in [0, 0.1) is 34.0 Å². The smallest absolute Gasteiger partial charge is 0.0991 e. The molecular weight excluding hydrogens is 611 g/mol. The summed E-state index contributed by atoms with van der Waals surface area (Å²) in [4.78, 5) is 0. The SMILES string of the molecule is N#CC1=CC=C(C#N)C(n2c3ccccc3c3cc(C#N)ccc32)C1c1ccccc1-c1cccc(-n2c3c(c4ccccc42)C=CCC3)c1. The molecule has 0 N–H and O–H groups in total. The van der Waals surface area contributed by atoms with Gasteiger partial charge >= 0.3 is 0 Å². The van der Waals surface area contributed by atoms with Gasteiger partial charge in [-0.3, -0.25) is 0 Å². The highest BCUT2D eigenvalue weighted by Crippen LogP contribution is 2.49. The molecule has 2 aliphatic carbocycles. The fourth-order valence-corrected chi connectivity index (χ4v) is 8.25. The summed E-state index contributed by atoms with van der Waals surface area (Å²) in [7, 11) is 0. The highest BCUT2D eigenvalue weighted by Gasteiger charge is 2.37. The van der Waals surface area contributed by atoms with Crippen molar-refractivity contribution >= 4 is 38.8 Å². The number of nitriles is 3. The van der Waals surface area contributed by atoms with Crippen LogP contribution in [0.5, 0.6) is 0 Å². The standard InChI is InChI=1S/C45H29N5/c46-26-29-20-23-43-39(24-29)37-15-5-8-19-42(37)50(43)45-32(28-48)22-21-31(27-47)44(45)38-16-2-1-12-34(38)30-10-9-11-33(25-30)49-40-17-6-3-13-35(40)36-14-4-7-18-41(36)49/h1-6,8-17,19-25,44-45H,7,18H2. The summed E-state index contributed by atoms with van der Waals surface area (Å²) in [5.74, 6) is -0.445. The second-order valence-corrected chi connectivity index (χ2v) is 12.9. The van der Waals surface area contributed by atoms with Crippen LogP contribution in [-0.4, -0.2) is 9.13 Å². The topological polar surface area (TPSA) is 81.2 Å². The Hall–Kier alpha value is -6.87. The van der Waals surface area contributed by atoms with Gasteiger partial charge in [0.05, 0.1) is 40.9 Å². The maximum atomic E-state index is 10.7. The van der Waals surface area contributed by atoms with Crippen molar-refractivity contribution in [1.82, 2.24) is 9.13 Å². The second-order valence-electron chi connectivity index (χ2n) is 12.9. The van der Waals surface area contributed by atoms with Gasteiger partial charge in [-0.2, -0.15) is 15.8 Å². The van der Waals surface area contributed by atoms with E-state index in [1.807, 2.05) is 42.5 Å². The third kappa shape index (κ3) is 4.37. The van der Waals surface area contributed by atoms with Crippen molar-refractivity contribution in [2.75, 3.05) is 0 Å². The summed E-state index contributed by atoms with van der Waals surface area (Å²) >= 11 is 0. The van der Waals surface area contributed by atoms with Gasteiger partial charge in [-0.15, -0.1) is 0 Å². The monoisotopic (exact) mass is 639 g/mol. The fourth-order valence-electron chi connectivity index (χ4n) is 8.25. The van der Waals surface area contributed by atoms with E-state index in [2.05, 4.69) is 112 Å². The average molecular weight is 640 g/mol. The molecule has 2 unspecified atom stereocenters. The minimum absolute atomic E-state index is 0.445. The third-order valence-corrected chi connectivity index (χ3v) is 10.3. The zero-order valence-electron chi connectivity index (χ0n) is 27.1. The lowest BCUT2D eigenvalue weighted by Crippen LogP contribution is -2.24. The maximum Gasteiger partial charge on any atom is 0.0991 e. The van der Waals surface area contributed by atoms with E-state index < -0.39 is 12.0 Å². The minimum atomic E-state index is -0.494. The zero-order chi connectivity index (χ0) is 33.8. The van der Waals surface area contributed by atoms with Gasteiger partial charge in [-0.05, 0) is 84.1 Å². The van der Waals surface area contributed by atoms with E-state index in [1.165, 1.54) is 22.2 Å². The van der Waals surface area contributed by atoms with Crippen LogP contribution in [0.25, 0.3) is 55.6 Å². The largest absolute Gasteiger partial charge is 0.331 e. The van der Waals surface area contributed by atoms with Crippen molar-refractivity contribution in [2.45, 2.75) is 24.8 Å². The Morgan fingerprint density at radius 2 is 1.36 bits per heavy atom. The van der Waals surface area contributed by atoms with E-state index >= 15 is 0 Å². The Balaban J connectivity index is 1.26. The first-order chi connectivity index (χ1) is 24.7. The van der Waals surface area contributed by atoms with Gasteiger partial charge in [0, 0.05) is 55.6 Å². The first kappa shape index (κ1) is 29.3. The summed E-state index contributed by atoms with van der Waals surface area (Å²) in [5, 5.41) is 34.2. The van der Waals surface area contributed by atoms with Crippen molar-refractivity contribution in [3.05, 3.63) is 167 Å². The van der Waals surface area contributed by atoms with Crippen LogP contribution in [0.2, 0.25) is 0 Å². The van der Waals surface area contributed by atoms with Crippen LogP contribution in [0.1, 0.15) is 40.8 Å². The molecule has 2 heterocycles. The van der Waals surface area contributed by atoms with E-state index in [0.29, 0.717) is 16.7 Å². The summed E-state index contributed by atoms with van der Waals surface area (Å²) < 4.78 is 4.60. The van der Waals surface area contributed by atoms with Gasteiger partial charge < -0.3 is 9.13 Å². The van der Waals surface area contributed by atoms with Gasteiger partial charge in [0.15, 0.2) is 0 Å². The Labute approximate surface area is 289 Å². The number of hydrogen-bond acceptors (Lipinski definition) is 3. The van der Waals surface area contributed by atoms with Crippen molar-refractivity contribution in [2.24, 2.45) is 0 Å². The molecule has 5 heteroatoms. The van der Waals surface area contributed by atoms with E-state index in [4.69, 9.17) is 0 Å². The molecule has 5 aromatic carbocycles. The Morgan fingerprint density at radius 3 is 2.20 bits per heavy atom. The third-order valence-electron chi connectivity index (χ3n) is 10.3. The molecule has 7 aromatic rings. The molecule has 0 saturated heterocycles. The molecule has 0 saturated carbocycles. The normalized spacial score (nSPS) is 16.7. The number of benzene rings is 5. The summed E-state index contributed by atoms with van der Waals surface area (Å²) in [6.45, 7) is 0. The lowest BCUT2D eigenvalue weighted by atomic mass is 9.76. The van der Waals surface area contributed by atoms with Crippen LogP contribution in [0.15, 0.2) is 145 Å². The van der Waals surface area contributed by atoms with Crippen LogP contribution < -0.4 is 0 Å². The van der Waals surface area contributed by atoms with E-state index in [9.17, 15) is 15.8 Å². The molecule has 0 radical (unpaired) electrons. The number of fused-ring (bicyclic) bond motifs is 6. The first-order valence-corrected chi connectivity index (χ1v) is 16.8. The Bertz CT molecular complexity index is 2760. The molecule has 9 rings (SSSR count). The van der Waals surface area contributed by atoms with E-state index in [1.54, 1.807) is 12.2 Å². The van der Waals surface area contributed by atoms with Gasteiger partial charge in [0.25, 0.3) is 0 Å². The molecule has 2 aromatic heterocycles. The fraction of sp³-hybridized carbons (Fsp3) is 0.0889. The lowest BCUT2D eigenvalue weighted by molar-refractivity contribution is 0.546. The number of rotatable bonds is 4. The molecule has 234 valence electrons. The molecule has 0 bridgehead atoms. The molecule has 0 aliphatic heterocycles. The predicted octanol–water partition coefficient (Wildman–Crippen LogP) is 10.5. The Morgan fingerprint density at radius 1 is 0.620 bits per heavy atom. The average Bonchev–Trinajstić information content (AvgIpc) is 3.70. The summed E-state index contributed by atoms with van der Waals surface area (Å²) in [5.41, 5.74) is 11.5. The molecule has 0 fully saturated rings. The van der Waals surface area contributed by atoms with Crippen LogP contribution in [0.4, 0.5) is 0 Å². The van der Waals surface area contributed by atoms with Crippen molar-refractivity contribution in [3.63, 3.8) is 0 Å². The zero-order valence-corrected chi connectivity index (χ0v) is 27.1. The van der Waals surface area contributed by atoms with Gasteiger partial charge in [-0.1, -0.05) is 84.9 Å². The number of para-hydroxylation sites is 2. The molecule has 2 atom stereocenters. The summed E-state index contributed by atoms with van der Waals surface area (Å²) in [6, 6.07) is 46.2. The molecule has 0 amide bonds. The quantitative estimate of drug-likeness (QED) is 0.192. The Kier molecular flexibility index (Phi) is 6.84. The van der Waals surface area contributed by atoms with E-state index in [-0.39, 0.29) is 0 Å². The number of nitrogens with zero attached hydrogens (tertiary/aromatic N) is 5. The van der Waals surface area contributed by atoms with Crippen molar-refractivity contribution < 1.29 is 0 Å². The second kappa shape index (κ2) is 11.7. The first-order valence-electron chi connectivity index (χ1n) is 16.8. The van der Waals surface area contributed by atoms with Crippen LogP contribution >= 0.6 is 0 Å². The summed E-state index contributed by atoms with van der Waals surface area (Å²) in [6.07, 6.45) is 10.1. The van der Waals surface area contributed by atoms with Crippen molar-refractivity contribution in [1.29, 1.82) is 15.8 Å². The highest BCUT2D eigenvalue weighted by molar-refractivity contribution is 6.08. The van der Waals surface area contributed by atoms with Crippen LogP contribution in [0.3, 0.4) is 0 Å². The highest BCUT2D eigenvalue weighted by atomic mass is 15.0. The minimum Gasteiger partial charge on any atom is -0.331 e. The lowest BCUT2D eigenvalue weighted by Gasteiger charge is -2.33. The number of allylic oxidation sites excluding steroid dienone is 5. The number of aromatic nitrogens is 2. The molecular formula is C45H29N5. The predicted molar refractivity (Wildman–Crippen MR) is 199 cm³/mol. The van der Waals surface area contributed by atoms with E-state index in [0.717, 1.165) is 57.0 Å². The van der Waals surface area contributed by atoms with Gasteiger partial charge in [0.1, 0.15) is 0 Å². The maximum absolute atomic E-state index is 10.7. The van der Waals surface area contributed by atoms with Gasteiger partial charge in [0.2, 0.25) is 0 Å². The molecule has 50 heavy (non-hydrogen) atoms.